The van der Waals surface area contributed by atoms with Crippen LogP contribution in [-0.2, 0) is 6.42 Å². The van der Waals surface area contributed by atoms with Crippen molar-refractivity contribution >= 4 is 17.7 Å². The van der Waals surface area contributed by atoms with E-state index in [0.717, 1.165) is 23.1 Å². The molecule has 1 aliphatic carbocycles. The van der Waals surface area contributed by atoms with Gasteiger partial charge in [0, 0.05) is 5.02 Å². The predicted molar refractivity (Wildman–Crippen MR) is 88.3 cm³/mol. The maximum Gasteiger partial charge on any atom is 0.405 e. The third-order valence-electron chi connectivity index (χ3n) is 4.31. The van der Waals surface area contributed by atoms with Crippen LogP contribution in [0.1, 0.15) is 31.0 Å². The summed E-state index contributed by atoms with van der Waals surface area (Å²) in [6.07, 6.45) is -0.123. The first-order valence-electron chi connectivity index (χ1n) is 7.25. The summed E-state index contributed by atoms with van der Waals surface area (Å²) in [5, 5.41) is 12.5. The number of carbonyl (C=O) groups is 1. The average molecular weight is 316 g/mol. The lowest BCUT2D eigenvalue weighted by molar-refractivity contribution is 0.175. The van der Waals surface area contributed by atoms with Crippen molar-refractivity contribution in [2.45, 2.75) is 26.3 Å². The maximum absolute atomic E-state index is 11.1. The Morgan fingerprint density at radius 1 is 1.23 bits per heavy atom. The number of nitrogens with one attached hydrogen (secondary N) is 1. The van der Waals surface area contributed by atoms with Gasteiger partial charge >= 0.3 is 6.09 Å². The minimum Gasteiger partial charge on any atom is -0.465 e. The molecule has 0 bridgehead atoms. The van der Waals surface area contributed by atoms with Gasteiger partial charge in [0.15, 0.2) is 0 Å². The lowest BCUT2D eigenvalue weighted by Gasteiger charge is -2.27. The van der Waals surface area contributed by atoms with Gasteiger partial charge in [-0.25, -0.2) is 4.79 Å². The van der Waals surface area contributed by atoms with Gasteiger partial charge < -0.3 is 10.4 Å². The van der Waals surface area contributed by atoms with Gasteiger partial charge in [0.25, 0.3) is 0 Å². The van der Waals surface area contributed by atoms with E-state index in [1.165, 1.54) is 5.56 Å². The Bertz CT molecular complexity index is 740. The van der Waals surface area contributed by atoms with Gasteiger partial charge in [0.05, 0.1) is 6.04 Å². The summed E-state index contributed by atoms with van der Waals surface area (Å²) in [5.74, 6) is 0. The molecule has 1 amide bonds. The van der Waals surface area contributed by atoms with Crippen LogP contribution in [0.3, 0.4) is 0 Å². The molecular formula is C18H18ClNO2. The molecule has 0 aliphatic heterocycles. The predicted octanol–water partition coefficient (Wildman–Crippen LogP) is 4.90. The van der Waals surface area contributed by atoms with Crippen molar-refractivity contribution in [1.82, 2.24) is 5.32 Å². The minimum absolute atomic E-state index is 0.131. The van der Waals surface area contributed by atoms with E-state index in [2.05, 4.69) is 37.4 Å². The standard InChI is InChI=1S/C18H18ClNO2/c1-18(2)10-13-7-6-12(11-4-3-5-14(19)8-11)9-15(13)16(18)20-17(21)22/h3-9,16,20H,10H2,1-2H3,(H,21,22). The van der Waals surface area contributed by atoms with E-state index in [-0.39, 0.29) is 11.5 Å². The summed E-state index contributed by atoms with van der Waals surface area (Å²) in [6.45, 7) is 4.18. The number of hydrogen-bond donors (Lipinski definition) is 2. The zero-order chi connectivity index (χ0) is 15.9. The summed E-state index contributed by atoms with van der Waals surface area (Å²) >= 11 is 6.06. The van der Waals surface area contributed by atoms with Gasteiger partial charge in [-0.1, -0.05) is 49.7 Å². The molecule has 0 saturated heterocycles. The highest BCUT2D eigenvalue weighted by Gasteiger charge is 2.40. The highest BCUT2D eigenvalue weighted by molar-refractivity contribution is 6.30. The summed E-state index contributed by atoms with van der Waals surface area (Å²) in [5.41, 5.74) is 4.22. The Kier molecular flexibility index (Phi) is 3.61. The lowest BCUT2D eigenvalue weighted by atomic mass is 9.85. The molecule has 2 aromatic rings. The first-order chi connectivity index (χ1) is 10.4. The largest absolute Gasteiger partial charge is 0.465 e. The number of benzene rings is 2. The molecule has 3 nitrogen and oxygen atoms in total. The number of fused-ring (bicyclic) bond motifs is 1. The third-order valence-corrected chi connectivity index (χ3v) is 4.55. The van der Waals surface area contributed by atoms with Crippen molar-refractivity contribution in [2.24, 2.45) is 5.41 Å². The molecule has 4 heteroatoms. The van der Waals surface area contributed by atoms with Gasteiger partial charge in [-0.05, 0) is 52.3 Å². The molecule has 0 saturated carbocycles. The Morgan fingerprint density at radius 3 is 2.64 bits per heavy atom. The van der Waals surface area contributed by atoms with Crippen LogP contribution in [0.2, 0.25) is 5.02 Å². The molecule has 2 aromatic carbocycles. The molecule has 3 rings (SSSR count). The molecule has 22 heavy (non-hydrogen) atoms. The van der Waals surface area contributed by atoms with E-state index in [1.54, 1.807) is 0 Å². The maximum atomic E-state index is 11.1. The Labute approximate surface area is 134 Å². The second kappa shape index (κ2) is 5.33. The summed E-state index contributed by atoms with van der Waals surface area (Å²) < 4.78 is 0. The molecule has 0 fully saturated rings. The van der Waals surface area contributed by atoms with Crippen LogP contribution in [-0.4, -0.2) is 11.2 Å². The van der Waals surface area contributed by atoms with Crippen LogP contribution in [0.5, 0.6) is 0 Å². The van der Waals surface area contributed by atoms with Crippen molar-refractivity contribution in [3.05, 3.63) is 58.6 Å². The molecule has 1 unspecified atom stereocenters. The van der Waals surface area contributed by atoms with Crippen LogP contribution in [0.15, 0.2) is 42.5 Å². The number of rotatable bonds is 2. The monoisotopic (exact) mass is 315 g/mol. The zero-order valence-corrected chi connectivity index (χ0v) is 13.3. The molecule has 0 spiro atoms. The fraction of sp³-hybridized carbons (Fsp3) is 0.278. The van der Waals surface area contributed by atoms with Crippen LogP contribution in [0.25, 0.3) is 11.1 Å². The minimum atomic E-state index is -0.987. The molecule has 0 heterocycles. The van der Waals surface area contributed by atoms with Crippen LogP contribution in [0.4, 0.5) is 4.79 Å². The fourth-order valence-electron chi connectivity index (χ4n) is 3.28. The first-order valence-corrected chi connectivity index (χ1v) is 7.63. The number of carboxylic acid groups (broad SMARTS) is 1. The summed E-state index contributed by atoms with van der Waals surface area (Å²) in [7, 11) is 0. The molecule has 0 radical (unpaired) electrons. The fourth-order valence-corrected chi connectivity index (χ4v) is 3.47. The van der Waals surface area contributed by atoms with E-state index in [4.69, 9.17) is 16.7 Å². The molecule has 114 valence electrons. The number of halogens is 1. The van der Waals surface area contributed by atoms with Crippen molar-refractivity contribution in [3.8, 4) is 11.1 Å². The van der Waals surface area contributed by atoms with E-state index in [1.807, 2.05) is 24.3 Å². The second-order valence-corrected chi connectivity index (χ2v) is 6.91. The highest BCUT2D eigenvalue weighted by atomic mass is 35.5. The third kappa shape index (κ3) is 2.69. The number of hydrogen-bond acceptors (Lipinski definition) is 1. The Morgan fingerprint density at radius 2 is 1.95 bits per heavy atom. The molecule has 1 aliphatic rings. The van der Waals surface area contributed by atoms with Gasteiger partial charge in [0.2, 0.25) is 0 Å². The van der Waals surface area contributed by atoms with Crippen LogP contribution in [0, 0.1) is 5.41 Å². The van der Waals surface area contributed by atoms with E-state index >= 15 is 0 Å². The lowest BCUT2D eigenvalue weighted by Crippen LogP contribution is -2.34. The normalized spacial score (nSPS) is 18.8. The van der Waals surface area contributed by atoms with Crippen LogP contribution >= 0.6 is 11.6 Å². The van der Waals surface area contributed by atoms with Crippen LogP contribution < -0.4 is 5.32 Å². The zero-order valence-electron chi connectivity index (χ0n) is 12.6. The first kappa shape index (κ1) is 14.9. The van der Waals surface area contributed by atoms with Gasteiger partial charge in [0.1, 0.15) is 0 Å². The van der Waals surface area contributed by atoms with E-state index < -0.39 is 6.09 Å². The van der Waals surface area contributed by atoms with Gasteiger partial charge in [-0.15, -0.1) is 0 Å². The Hall–Kier alpha value is -2.00. The van der Waals surface area contributed by atoms with Crippen molar-refractivity contribution in [1.29, 1.82) is 0 Å². The average Bonchev–Trinajstić information content (AvgIpc) is 2.68. The smallest absolute Gasteiger partial charge is 0.405 e. The molecule has 2 N–H and O–H groups in total. The van der Waals surface area contributed by atoms with Crippen molar-refractivity contribution < 1.29 is 9.90 Å². The molecular weight excluding hydrogens is 298 g/mol. The summed E-state index contributed by atoms with van der Waals surface area (Å²) in [6, 6.07) is 13.7. The topological polar surface area (TPSA) is 49.3 Å². The summed E-state index contributed by atoms with van der Waals surface area (Å²) in [4.78, 5) is 11.1. The highest BCUT2D eigenvalue weighted by Crippen LogP contribution is 2.46. The molecule has 0 aromatic heterocycles. The second-order valence-electron chi connectivity index (χ2n) is 6.47. The van der Waals surface area contributed by atoms with E-state index in [9.17, 15) is 4.79 Å². The van der Waals surface area contributed by atoms with Crippen molar-refractivity contribution in [2.75, 3.05) is 0 Å². The molecule has 1 atom stereocenters. The van der Waals surface area contributed by atoms with Crippen molar-refractivity contribution in [3.63, 3.8) is 0 Å². The number of amides is 1. The van der Waals surface area contributed by atoms with E-state index in [0.29, 0.717) is 5.02 Å². The SMILES string of the molecule is CC1(C)Cc2ccc(-c3cccc(Cl)c3)cc2C1NC(=O)O. The van der Waals surface area contributed by atoms with Gasteiger partial charge in [-0.3, -0.25) is 0 Å². The Balaban J connectivity index is 2.05. The van der Waals surface area contributed by atoms with Gasteiger partial charge in [-0.2, -0.15) is 0 Å². The quantitative estimate of drug-likeness (QED) is 0.828.